The van der Waals surface area contributed by atoms with Crippen LogP contribution in [0.1, 0.15) is 51.1 Å². The van der Waals surface area contributed by atoms with E-state index in [1.54, 1.807) is 0 Å². The second-order valence-corrected chi connectivity index (χ2v) is 5.71. The quantitative estimate of drug-likeness (QED) is 0.792. The fraction of sp³-hybridized carbons (Fsp3) is 0.667. The zero-order chi connectivity index (χ0) is 14.9. The Morgan fingerprint density at radius 3 is 2.67 bits per heavy atom. The Bertz CT molecular complexity index is 376. The third kappa shape index (κ3) is 5.10. The minimum absolute atomic E-state index is 0.192. The highest BCUT2D eigenvalue weighted by Gasteiger charge is 2.23. The van der Waals surface area contributed by atoms with Crippen molar-refractivity contribution in [2.24, 2.45) is 0 Å². The van der Waals surface area contributed by atoms with Crippen LogP contribution >= 0.6 is 0 Å². The number of rotatable bonds is 8. The normalized spacial score (nSPS) is 21.9. The van der Waals surface area contributed by atoms with Crippen molar-refractivity contribution in [1.82, 2.24) is 5.32 Å². The molecule has 118 valence electrons. The summed E-state index contributed by atoms with van der Waals surface area (Å²) in [4.78, 5) is 0. The van der Waals surface area contributed by atoms with Crippen LogP contribution in [0.3, 0.4) is 0 Å². The zero-order valence-corrected chi connectivity index (χ0v) is 13.4. The lowest BCUT2D eigenvalue weighted by molar-refractivity contribution is -0.0718. The lowest BCUT2D eigenvalue weighted by atomic mass is 9.99. The molecule has 1 N–H and O–H groups in total. The highest BCUT2D eigenvalue weighted by molar-refractivity contribution is 5.20. The first-order valence-electron chi connectivity index (χ1n) is 8.36. The van der Waals surface area contributed by atoms with E-state index in [4.69, 9.17) is 9.47 Å². The van der Waals surface area contributed by atoms with Gasteiger partial charge in [0.1, 0.15) is 0 Å². The number of benzene rings is 1. The Labute approximate surface area is 129 Å². The average Bonchev–Trinajstić information content (AvgIpc) is 2.56. The van der Waals surface area contributed by atoms with Gasteiger partial charge >= 0.3 is 0 Å². The molecule has 2 rings (SSSR count). The van der Waals surface area contributed by atoms with Gasteiger partial charge < -0.3 is 14.8 Å². The van der Waals surface area contributed by atoms with Crippen LogP contribution in [0.2, 0.25) is 0 Å². The maximum Gasteiger partial charge on any atom is 0.0808 e. The summed E-state index contributed by atoms with van der Waals surface area (Å²) in [6, 6.07) is 10.9. The summed E-state index contributed by atoms with van der Waals surface area (Å²) >= 11 is 0. The smallest absolute Gasteiger partial charge is 0.0808 e. The second kappa shape index (κ2) is 9.19. The molecular weight excluding hydrogens is 262 g/mol. The van der Waals surface area contributed by atoms with Gasteiger partial charge in [0.25, 0.3) is 0 Å². The average molecular weight is 291 g/mol. The standard InChI is InChI=1S/C18H29NO2/c1-3-17(21-14-16-12-8-9-13-20-16)18(19-4-2)15-10-6-5-7-11-15/h5-7,10-11,16-19H,3-4,8-9,12-14H2,1-2H3. The molecule has 3 unspecified atom stereocenters. The molecule has 3 heteroatoms. The fourth-order valence-electron chi connectivity index (χ4n) is 2.96. The van der Waals surface area contributed by atoms with Crippen molar-refractivity contribution in [3.05, 3.63) is 35.9 Å². The van der Waals surface area contributed by atoms with Crippen LogP contribution in [0.4, 0.5) is 0 Å². The van der Waals surface area contributed by atoms with Crippen LogP contribution in [-0.2, 0) is 9.47 Å². The number of ether oxygens (including phenoxy) is 2. The van der Waals surface area contributed by atoms with Gasteiger partial charge in [-0.15, -0.1) is 0 Å². The Balaban J connectivity index is 1.95. The van der Waals surface area contributed by atoms with Gasteiger partial charge in [-0.2, -0.15) is 0 Å². The van der Waals surface area contributed by atoms with Crippen molar-refractivity contribution in [3.63, 3.8) is 0 Å². The summed E-state index contributed by atoms with van der Waals surface area (Å²) in [7, 11) is 0. The van der Waals surface area contributed by atoms with Gasteiger partial charge in [0.2, 0.25) is 0 Å². The van der Waals surface area contributed by atoms with Gasteiger partial charge in [-0.25, -0.2) is 0 Å². The molecule has 1 aromatic rings. The van der Waals surface area contributed by atoms with Crippen molar-refractivity contribution >= 4 is 0 Å². The van der Waals surface area contributed by atoms with E-state index in [2.05, 4.69) is 49.5 Å². The van der Waals surface area contributed by atoms with E-state index in [9.17, 15) is 0 Å². The first-order chi connectivity index (χ1) is 10.3. The molecule has 0 saturated carbocycles. The van der Waals surface area contributed by atoms with Gasteiger partial charge in [-0.05, 0) is 37.8 Å². The van der Waals surface area contributed by atoms with Gasteiger partial charge in [0.15, 0.2) is 0 Å². The Morgan fingerprint density at radius 1 is 1.24 bits per heavy atom. The molecule has 0 aromatic heterocycles. The molecule has 1 aliphatic rings. The predicted octanol–water partition coefficient (Wildman–Crippen LogP) is 3.70. The second-order valence-electron chi connectivity index (χ2n) is 5.71. The van der Waals surface area contributed by atoms with Gasteiger partial charge in [0, 0.05) is 6.61 Å². The van der Waals surface area contributed by atoms with Crippen molar-refractivity contribution in [2.45, 2.75) is 57.8 Å². The van der Waals surface area contributed by atoms with Crippen molar-refractivity contribution < 1.29 is 9.47 Å². The molecule has 0 bridgehead atoms. The Hall–Kier alpha value is -0.900. The topological polar surface area (TPSA) is 30.5 Å². The van der Waals surface area contributed by atoms with E-state index < -0.39 is 0 Å². The monoisotopic (exact) mass is 291 g/mol. The summed E-state index contributed by atoms with van der Waals surface area (Å²) in [6.45, 7) is 6.89. The minimum atomic E-state index is 0.192. The summed E-state index contributed by atoms with van der Waals surface area (Å²) < 4.78 is 12.0. The minimum Gasteiger partial charge on any atom is -0.376 e. The van der Waals surface area contributed by atoms with Crippen LogP contribution in [0.15, 0.2) is 30.3 Å². The summed E-state index contributed by atoms with van der Waals surface area (Å²) in [5.41, 5.74) is 1.30. The SMILES string of the molecule is CCNC(c1ccccc1)C(CC)OCC1CCCCO1. The molecule has 0 aliphatic carbocycles. The molecule has 1 aromatic carbocycles. The summed E-state index contributed by atoms with van der Waals surface area (Å²) in [5.74, 6) is 0. The summed E-state index contributed by atoms with van der Waals surface area (Å²) in [6.07, 6.45) is 5.06. The van der Waals surface area contributed by atoms with Crippen LogP contribution in [0.5, 0.6) is 0 Å². The number of hydrogen-bond acceptors (Lipinski definition) is 3. The molecule has 1 heterocycles. The molecule has 21 heavy (non-hydrogen) atoms. The largest absolute Gasteiger partial charge is 0.376 e. The number of likely N-dealkylation sites (N-methyl/N-ethyl adjacent to an activating group) is 1. The Kier molecular flexibility index (Phi) is 7.20. The molecular formula is C18H29NO2. The maximum atomic E-state index is 6.21. The van der Waals surface area contributed by atoms with E-state index in [0.717, 1.165) is 26.0 Å². The van der Waals surface area contributed by atoms with Gasteiger partial charge in [-0.3, -0.25) is 0 Å². The number of hydrogen-bond donors (Lipinski definition) is 1. The van der Waals surface area contributed by atoms with Crippen LogP contribution < -0.4 is 5.32 Å². The lowest BCUT2D eigenvalue weighted by Crippen LogP contribution is -2.36. The first-order valence-corrected chi connectivity index (χ1v) is 8.36. The van der Waals surface area contributed by atoms with E-state index >= 15 is 0 Å². The predicted molar refractivity (Wildman–Crippen MR) is 86.5 cm³/mol. The van der Waals surface area contributed by atoms with E-state index in [0.29, 0.717) is 6.61 Å². The zero-order valence-electron chi connectivity index (χ0n) is 13.4. The molecule has 0 spiro atoms. The third-order valence-corrected chi connectivity index (χ3v) is 4.13. The molecule has 1 fully saturated rings. The molecule has 3 nitrogen and oxygen atoms in total. The first kappa shape index (κ1) is 16.5. The number of nitrogens with one attached hydrogen (secondary N) is 1. The Morgan fingerprint density at radius 2 is 2.05 bits per heavy atom. The molecule has 1 saturated heterocycles. The van der Waals surface area contributed by atoms with Crippen LogP contribution in [0.25, 0.3) is 0 Å². The highest BCUT2D eigenvalue weighted by Crippen LogP contribution is 2.23. The van der Waals surface area contributed by atoms with Crippen LogP contribution in [0, 0.1) is 0 Å². The molecule has 1 aliphatic heterocycles. The van der Waals surface area contributed by atoms with Crippen molar-refractivity contribution in [1.29, 1.82) is 0 Å². The maximum absolute atomic E-state index is 6.21. The summed E-state index contributed by atoms with van der Waals surface area (Å²) in [5, 5.41) is 3.57. The van der Waals surface area contributed by atoms with Crippen LogP contribution in [-0.4, -0.2) is 32.0 Å². The van der Waals surface area contributed by atoms with E-state index in [1.807, 2.05) is 0 Å². The molecule has 0 amide bonds. The lowest BCUT2D eigenvalue weighted by Gasteiger charge is -2.30. The van der Waals surface area contributed by atoms with Crippen molar-refractivity contribution in [3.8, 4) is 0 Å². The van der Waals surface area contributed by atoms with Gasteiger partial charge in [-0.1, -0.05) is 44.2 Å². The highest BCUT2D eigenvalue weighted by atomic mass is 16.5. The van der Waals surface area contributed by atoms with E-state index in [-0.39, 0.29) is 18.2 Å². The van der Waals surface area contributed by atoms with Gasteiger partial charge in [0.05, 0.1) is 24.9 Å². The third-order valence-electron chi connectivity index (χ3n) is 4.13. The van der Waals surface area contributed by atoms with Crippen molar-refractivity contribution in [2.75, 3.05) is 19.8 Å². The molecule has 3 atom stereocenters. The fourth-order valence-corrected chi connectivity index (χ4v) is 2.96. The van der Waals surface area contributed by atoms with E-state index in [1.165, 1.54) is 18.4 Å². The molecule has 0 radical (unpaired) electrons.